The molecule has 0 atom stereocenters. The van der Waals surface area contributed by atoms with E-state index in [9.17, 15) is 27.9 Å². The molecule has 170 valence electrons. The van der Waals surface area contributed by atoms with Crippen LogP contribution in [0.1, 0.15) is 49.7 Å². The molecule has 0 unspecified atom stereocenters. The number of carbonyl (C=O) groups is 2. The highest BCUT2D eigenvalue weighted by atomic mass is 19.4. The number of benzene rings is 2. The lowest BCUT2D eigenvalue weighted by molar-refractivity contribution is -0.299. The van der Waals surface area contributed by atoms with Crippen molar-refractivity contribution in [1.82, 2.24) is 5.32 Å². The number of aliphatic carboxylic acids is 1. The predicted molar refractivity (Wildman–Crippen MR) is 110 cm³/mol. The number of halogens is 3. The van der Waals surface area contributed by atoms with E-state index in [2.05, 4.69) is 5.32 Å². The Labute approximate surface area is 183 Å². The van der Waals surface area contributed by atoms with Crippen LogP contribution in [0.25, 0.3) is 6.08 Å². The minimum absolute atomic E-state index is 0.148. The number of carboxylic acid groups (broad SMARTS) is 1. The molecule has 1 aliphatic rings. The van der Waals surface area contributed by atoms with E-state index in [0.717, 1.165) is 38.2 Å². The normalized spacial score (nSPS) is 14.9. The molecule has 1 saturated carbocycles. The molecule has 1 amide bonds. The number of carboxylic acids is 1. The van der Waals surface area contributed by atoms with Crippen LogP contribution < -0.4 is 15.2 Å². The van der Waals surface area contributed by atoms with Crippen LogP contribution in [0.15, 0.2) is 54.2 Å². The van der Waals surface area contributed by atoms with Gasteiger partial charge in [0.25, 0.3) is 0 Å². The summed E-state index contributed by atoms with van der Waals surface area (Å²) in [5.41, 5.74) is -0.863. The van der Waals surface area contributed by atoms with Crippen LogP contribution >= 0.6 is 0 Å². The van der Waals surface area contributed by atoms with Crippen molar-refractivity contribution in [3.05, 3.63) is 65.4 Å². The van der Waals surface area contributed by atoms with Gasteiger partial charge in [-0.25, -0.2) is 0 Å². The number of alkyl halides is 3. The molecule has 2 aromatic carbocycles. The Morgan fingerprint density at radius 3 is 2.34 bits per heavy atom. The minimum atomic E-state index is -4.56. The van der Waals surface area contributed by atoms with Gasteiger partial charge >= 0.3 is 6.18 Å². The molecule has 0 saturated heterocycles. The molecule has 0 spiro atoms. The van der Waals surface area contributed by atoms with Crippen LogP contribution in [0, 0.1) is 5.92 Å². The number of rotatable bonds is 8. The predicted octanol–water partition coefficient (Wildman–Crippen LogP) is 4.68. The van der Waals surface area contributed by atoms with Crippen molar-refractivity contribution in [2.45, 2.75) is 44.7 Å². The van der Waals surface area contributed by atoms with Gasteiger partial charge in [0.15, 0.2) is 0 Å². The zero-order valence-electron chi connectivity index (χ0n) is 17.3. The summed E-state index contributed by atoms with van der Waals surface area (Å²) in [7, 11) is 0. The molecule has 1 fully saturated rings. The van der Waals surface area contributed by atoms with E-state index < -0.39 is 23.6 Å². The van der Waals surface area contributed by atoms with E-state index >= 15 is 0 Å². The lowest BCUT2D eigenvalue weighted by Gasteiger charge is -2.14. The van der Waals surface area contributed by atoms with Crippen LogP contribution in [0.2, 0.25) is 0 Å². The van der Waals surface area contributed by atoms with Gasteiger partial charge in [-0.3, -0.25) is 4.79 Å². The highest BCUT2D eigenvalue weighted by Crippen LogP contribution is 2.37. The summed E-state index contributed by atoms with van der Waals surface area (Å²) >= 11 is 0. The maximum atomic E-state index is 13.1. The number of amides is 1. The van der Waals surface area contributed by atoms with E-state index in [1.165, 1.54) is 48.5 Å². The van der Waals surface area contributed by atoms with Gasteiger partial charge in [-0.15, -0.1) is 0 Å². The van der Waals surface area contributed by atoms with Gasteiger partial charge in [0, 0.05) is 6.42 Å². The van der Waals surface area contributed by atoms with Crippen LogP contribution in [-0.2, 0) is 15.8 Å². The average molecular weight is 446 g/mol. The van der Waals surface area contributed by atoms with Crippen molar-refractivity contribution in [3.63, 3.8) is 0 Å². The molecule has 0 heterocycles. The molecule has 3 rings (SSSR count). The number of hydrogen-bond acceptors (Lipinski definition) is 4. The number of ether oxygens (including phenoxy) is 1. The summed E-state index contributed by atoms with van der Waals surface area (Å²) in [4.78, 5) is 23.5. The van der Waals surface area contributed by atoms with E-state index in [1.54, 1.807) is 0 Å². The summed E-state index contributed by atoms with van der Waals surface area (Å²) in [6, 6.07) is 10.6. The summed E-state index contributed by atoms with van der Waals surface area (Å²) in [6.07, 6.45) is 2.15. The van der Waals surface area contributed by atoms with Gasteiger partial charge in [-0.2, -0.15) is 13.2 Å². The van der Waals surface area contributed by atoms with E-state index in [1.807, 2.05) is 0 Å². The van der Waals surface area contributed by atoms with Crippen molar-refractivity contribution in [3.8, 4) is 11.5 Å². The quantitative estimate of drug-likeness (QED) is 0.598. The number of para-hydroxylation sites is 1. The summed E-state index contributed by atoms with van der Waals surface area (Å²) in [6.45, 7) is 0. The van der Waals surface area contributed by atoms with Crippen molar-refractivity contribution < 1.29 is 32.6 Å². The maximum Gasteiger partial charge on any atom is 0.419 e. The smallest absolute Gasteiger partial charge is 0.419 e. The third kappa shape index (κ3) is 6.60. The average Bonchev–Trinajstić information content (AvgIpc) is 3.26. The molecule has 2 aromatic rings. The second-order valence-electron chi connectivity index (χ2n) is 7.75. The first-order valence-electron chi connectivity index (χ1n) is 10.4. The summed E-state index contributed by atoms with van der Waals surface area (Å²) in [5.74, 6) is -1.61. The van der Waals surface area contributed by atoms with E-state index in [-0.39, 0.29) is 23.6 Å². The molecule has 5 nitrogen and oxygen atoms in total. The van der Waals surface area contributed by atoms with Crippen molar-refractivity contribution in [1.29, 1.82) is 0 Å². The van der Waals surface area contributed by atoms with Gasteiger partial charge in [0.05, 0.1) is 17.2 Å². The fourth-order valence-corrected chi connectivity index (χ4v) is 3.71. The molecular weight excluding hydrogens is 423 g/mol. The van der Waals surface area contributed by atoms with Crippen LogP contribution in [-0.4, -0.2) is 11.9 Å². The van der Waals surface area contributed by atoms with Gasteiger partial charge in [0.2, 0.25) is 5.91 Å². The number of hydrogen-bond donors (Lipinski definition) is 1. The van der Waals surface area contributed by atoms with Crippen LogP contribution in [0.3, 0.4) is 0 Å². The molecule has 1 N–H and O–H groups in total. The molecule has 0 aromatic heterocycles. The first-order valence-corrected chi connectivity index (χ1v) is 10.4. The second kappa shape index (κ2) is 10.3. The Balaban J connectivity index is 1.65. The first-order chi connectivity index (χ1) is 15.2. The molecule has 0 bridgehead atoms. The SMILES string of the molecule is O=C(CCC1CCCC1)N/C(=C/c1ccc(Oc2ccccc2C(F)(F)F)cc1)C(=O)[O-]. The van der Waals surface area contributed by atoms with E-state index in [4.69, 9.17) is 4.74 Å². The van der Waals surface area contributed by atoms with Crippen molar-refractivity contribution >= 4 is 18.0 Å². The molecule has 1 aliphatic carbocycles. The monoisotopic (exact) mass is 446 g/mol. The largest absolute Gasteiger partial charge is 0.543 e. The van der Waals surface area contributed by atoms with Crippen molar-refractivity contribution in [2.75, 3.05) is 0 Å². The molecular formula is C24H23F3NO4-. The Hall–Kier alpha value is -3.29. The fourth-order valence-electron chi connectivity index (χ4n) is 3.71. The van der Waals surface area contributed by atoms with Gasteiger partial charge < -0.3 is 20.0 Å². The maximum absolute atomic E-state index is 13.1. The highest BCUT2D eigenvalue weighted by molar-refractivity contribution is 5.95. The summed E-state index contributed by atoms with van der Waals surface area (Å²) < 4.78 is 44.6. The van der Waals surface area contributed by atoms with Gasteiger partial charge in [-0.05, 0) is 48.2 Å². The zero-order chi connectivity index (χ0) is 23.1. The zero-order valence-corrected chi connectivity index (χ0v) is 17.3. The van der Waals surface area contributed by atoms with Gasteiger partial charge in [0.1, 0.15) is 11.5 Å². The van der Waals surface area contributed by atoms with E-state index in [0.29, 0.717) is 11.5 Å². The van der Waals surface area contributed by atoms with Crippen LogP contribution in [0.5, 0.6) is 11.5 Å². The molecule has 0 radical (unpaired) electrons. The Morgan fingerprint density at radius 1 is 1.06 bits per heavy atom. The van der Waals surface area contributed by atoms with Crippen LogP contribution in [0.4, 0.5) is 13.2 Å². The third-order valence-electron chi connectivity index (χ3n) is 5.36. The molecule has 32 heavy (non-hydrogen) atoms. The third-order valence-corrected chi connectivity index (χ3v) is 5.36. The molecule has 0 aliphatic heterocycles. The summed E-state index contributed by atoms with van der Waals surface area (Å²) in [5, 5.41) is 13.8. The number of carbonyl (C=O) groups excluding carboxylic acids is 2. The standard InChI is InChI=1S/C24H24F3NO4/c25-24(26,27)19-7-3-4-8-21(19)32-18-12-9-17(10-13-18)15-20(23(30)31)28-22(29)14-11-16-5-1-2-6-16/h3-4,7-10,12-13,15-16H,1-2,5-6,11,14H2,(H,28,29)(H,30,31)/p-1/b20-15+. The Morgan fingerprint density at radius 2 is 1.72 bits per heavy atom. The topological polar surface area (TPSA) is 78.5 Å². The van der Waals surface area contributed by atoms with Crippen molar-refractivity contribution in [2.24, 2.45) is 5.92 Å². The molecule has 8 heteroatoms. The minimum Gasteiger partial charge on any atom is -0.543 e. The fraction of sp³-hybridized carbons (Fsp3) is 0.333. The first kappa shape index (κ1) is 23.4. The Bertz CT molecular complexity index is 977. The highest BCUT2D eigenvalue weighted by Gasteiger charge is 2.34. The Kier molecular flexibility index (Phi) is 7.56. The van der Waals surface area contributed by atoms with Gasteiger partial charge in [-0.1, -0.05) is 49.9 Å². The number of nitrogens with one attached hydrogen (secondary N) is 1. The second-order valence-corrected chi connectivity index (χ2v) is 7.75. The lowest BCUT2D eigenvalue weighted by atomic mass is 10.0. The lowest BCUT2D eigenvalue weighted by Crippen LogP contribution is -2.35.